The van der Waals surface area contributed by atoms with Crippen LogP contribution in [0.5, 0.6) is 11.6 Å². The van der Waals surface area contributed by atoms with Crippen molar-refractivity contribution in [2.75, 3.05) is 0 Å². The predicted octanol–water partition coefficient (Wildman–Crippen LogP) is 1.27. The highest BCUT2D eigenvalue weighted by atomic mass is 16.6. The standard InChI is InChI=1S/C11H9N5O4/c12-11(15-17)10-8(16(18)19)3-4-9(14-10)20-7-2-1-5-13-6-7/h1-6,17H,(H2,12,15). The molecular weight excluding hydrogens is 266 g/mol. The zero-order valence-electron chi connectivity index (χ0n) is 10.0. The maximum Gasteiger partial charge on any atom is 0.299 e. The maximum absolute atomic E-state index is 10.8. The first-order valence-electron chi connectivity index (χ1n) is 5.33. The van der Waals surface area contributed by atoms with Gasteiger partial charge in [-0.15, -0.1) is 0 Å². The van der Waals surface area contributed by atoms with Crippen molar-refractivity contribution in [2.45, 2.75) is 0 Å². The molecule has 0 amide bonds. The zero-order chi connectivity index (χ0) is 14.5. The molecule has 0 saturated heterocycles. The highest BCUT2D eigenvalue weighted by molar-refractivity contribution is 5.98. The minimum absolute atomic E-state index is 0.0604. The molecule has 0 fully saturated rings. The molecule has 9 heteroatoms. The van der Waals surface area contributed by atoms with Crippen LogP contribution in [0.4, 0.5) is 5.69 Å². The first-order valence-corrected chi connectivity index (χ1v) is 5.33. The fourth-order valence-electron chi connectivity index (χ4n) is 1.40. The molecule has 0 aliphatic carbocycles. The lowest BCUT2D eigenvalue weighted by Gasteiger charge is -2.06. The van der Waals surface area contributed by atoms with Gasteiger partial charge in [0.25, 0.3) is 5.69 Å². The van der Waals surface area contributed by atoms with Gasteiger partial charge in [-0.1, -0.05) is 5.16 Å². The van der Waals surface area contributed by atoms with E-state index in [1.54, 1.807) is 18.3 Å². The SMILES string of the molecule is N/C(=N/O)c1nc(Oc2cccnc2)ccc1[N+](=O)[O-]. The fraction of sp³-hybridized carbons (Fsp3) is 0. The highest BCUT2D eigenvalue weighted by Crippen LogP contribution is 2.23. The van der Waals surface area contributed by atoms with Crippen molar-refractivity contribution < 1.29 is 14.9 Å². The topological polar surface area (TPSA) is 137 Å². The number of pyridine rings is 2. The Morgan fingerprint density at radius 2 is 2.25 bits per heavy atom. The first-order chi connectivity index (χ1) is 9.61. The third kappa shape index (κ3) is 2.77. The van der Waals surface area contributed by atoms with Gasteiger partial charge in [-0.2, -0.15) is 0 Å². The van der Waals surface area contributed by atoms with Gasteiger partial charge in [0, 0.05) is 18.3 Å². The Labute approximate surface area is 112 Å². The van der Waals surface area contributed by atoms with Crippen LogP contribution in [0.15, 0.2) is 41.8 Å². The van der Waals surface area contributed by atoms with E-state index in [2.05, 4.69) is 15.1 Å². The lowest BCUT2D eigenvalue weighted by molar-refractivity contribution is -0.385. The molecule has 9 nitrogen and oxygen atoms in total. The minimum atomic E-state index is -0.686. The predicted molar refractivity (Wildman–Crippen MR) is 67.7 cm³/mol. The van der Waals surface area contributed by atoms with Crippen molar-refractivity contribution in [3.63, 3.8) is 0 Å². The number of nitro groups is 1. The van der Waals surface area contributed by atoms with E-state index in [0.717, 1.165) is 6.07 Å². The number of rotatable bonds is 4. The van der Waals surface area contributed by atoms with Crippen molar-refractivity contribution in [1.82, 2.24) is 9.97 Å². The van der Waals surface area contributed by atoms with Gasteiger partial charge in [-0.3, -0.25) is 15.1 Å². The van der Waals surface area contributed by atoms with Crippen molar-refractivity contribution in [3.05, 3.63) is 52.5 Å². The Morgan fingerprint density at radius 1 is 1.45 bits per heavy atom. The molecule has 0 atom stereocenters. The Balaban J connectivity index is 2.40. The smallest absolute Gasteiger partial charge is 0.299 e. The summed E-state index contributed by atoms with van der Waals surface area (Å²) in [4.78, 5) is 17.9. The van der Waals surface area contributed by atoms with Gasteiger partial charge in [0.15, 0.2) is 11.5 Å². The Morgan fingerprint density at radius 3 is 2.85 bits per heavy atom. The lowest BCUT2D eigenvalue weighted by Crippen LogP contribution is -2.17. The van der Waals surface area contributed by atoms with Crippen LogP contribution < -0.4 is 10.5 Å². The Bertz CT molecular complexity index is 659. The second kappa shape index (κ2) is 5.61. The van der Waals surface area contributed by atoms with E-state index in [0.29, 0.717) is 5.75 Å². The van der Waals surface area contributed by atoms with Crippen LogP contribution in [0, 0.1) is 10.1 Å². The summed E-state index contributed by atoms with van der Waals surface area (Å²) in [5.74, 6) is -0.0159. The molecule has 0 aliphatic rings. The van der Waals surface area contributed by atoms with Gasteiger partial charge in [-0.05, 0) is 12.1 Å². The Kier molecular flexibility index (Phi) is 3.70. The average molecular weight is 275 g/mol. The monoisotopic (exact) mass is 275 g/mol. The summed E-state index contributed by atoms with van der Waals surface area (Å²) in [6.45, 7) is 0. The van der Waals surface area contributed by atoms with E-state index >= 15 is 0 Å². The summed E-state index contributed by atoms with van der Waals surface area (Å²) in [6.07, 6.45) is 3.02. The van der Waals surface area contributed by atoms with Crippen molar-refractivity contribution in [3.8, 4) is 11.6 Å². The normalized spacial score (nSPS) is 11.1. The Hall–Kier alpha value is -3.23. The molecule has 102 valence electrons. The van der Waals surface area contributed by atoms with E-state index in [4.69, 9.17) is 15.7 Å². The molecule has 3 N–H and O–H groups in total. The van der Waals surface area contributed by atoms with Crippen LogP contribution >= 0.6 is 0 Å². The van der Waals surface area contributed by atoms with Gasteiger partial charge in [-0.25, -0.2) is 4.98 Å². The zero-order valence-corrected chi connectivity index (χ0v) is 10.0. The molecule has 0 saturated carbocycles. The summed E-state index contributed by atoms with van der Waals surface area (Å²) in [7, 11) is 0. The average Bonchev–Trinajstić information content (AvgIpc) is 2.47. The molecule has 20 heavy (non-hydrogen) atoms. The number of ether oxygens (including phenoxy) is 1. The molecule has 2 aromatic rings. The quantitative estimate of drug-likeness (QED) is 0.282. The third-order valence-corrected chi connectivity index (χ3v) is 2.25. The van der Waals surface area contributed by atoms with E-state index < -0.39 is 10.8 Å². The summed E-state index contributed by atoms with van der Waals surface area (Å²) < 4.78 is 5.36. The number of hydrogen-bond acceptors (Lipinski definition) is 7. The van der Waals surface area contributed by atoms with Crippen LogP contribution in [0.25, 0.3) is 0 Å². The molecule has 2 aromatic heterocycles. The summed E-state index contributed by atoms with van der Waals surface area (Å²) >= 11 is 0. The molecular formula is C11H9N5O4. The van der Waals surface area contributed by atoms with E-state index in [9.17, 15) is 10.1 Å². The van der Waals surface area contributed by atoms with E-state index in [-0.39, 0.29) is 17.3 Å². The molecule has 0 aliphatic heterocycles. The third-order valence-electron chi connectivity index (χ3n) is 2.25. The number of hydrogen-bond donors (Lipinski definition) is 2. The lowest BCUT2D eigenvalue weighted by atomic mass is 10.3. The molecule has 2 rings (SSSR count). The number of aromatic nitrogens is 2. The van der Waals surface area contributed by atoms with Gasteiger partial charge < -0.3 is 15.7 Å². The largest absolute Gasteiger partial charge is 0.437 e. The van der Waals surface area contributed by atoms with Crippen LogP contribution in [-0.2, 0) is 0 Å². The van der Waals surface area contributed by atoms with Crippen LogP contribution in [0.3, 0.4) is 0 Å². The maximum atomic E-state index is 10.8. The number of oxime groups is 1. The van der Waals surface area contributed by atoms with Crippen molar-refractivity contribution in [1.29, 1.82) is 0 Å². The van der Waals surface area contributed by atoms with Gasteiger partial charge in [0.2, 0.25) is 5.88 Å². The second-order valence-electron chi connectivity index (χ2n) is 3.55. The molecule has 0 spiro atoms. The molecule has 0 radical (unpaired) electrons. The second-order valence-corrected chi connectivity index (χ2v) is 3.55. The molecule has 0 bridgehead atoms. The number of nitrogens with zero attached hydrogens (tertiary/aromatic N) is 4. The summed E-state index contributed by atoms with van der Waals surface area (Å²) in [6, 6.07) is 5.76. The fourth-order valence-corrected chi connectivity index (χ4v) is 1.40. The van der Waals surface area contributed by atoms with Gasteiger partial charge in [0.05, 0.1) is 11.1 Å². The van der Waals surface area contributed by atoms with Gasteiger partial charge in [0.1, 0.15) is 5.75 Å². The number of nitrogens with two attached hydrogens (primary N) is 1. The van der Waals surface area contributed by atoms with Crippen molar-refractivity contribution >= 4 is 11.5 Å². The minimum Gasteiger partial charge on any atom is -0.437 e. The van der Waals surface area contributed by atoms with E-state index in [1.807, 2.05) is 0 Å². The number of amidine groups is 1. The molecule has 0 unspecified atom stereocenters. The van der Waals surface area contributed by atoms with E-state index in [1.165, 1.54) is 12.3 Å². The van der Waals surface area contributed by atoms with Crippen LogP contribution in [0.2, 0.25) is 0 Å². The van der Waals surface area contributed by atoms with Crippen LogP contribution in [0.1, 0.15) is 5.69 Å². The van der Waals surface area contributed by atoms with Crippen LogP contribution in [-0.4, -0.2) is 25.9 Å². The summed E-state index contributed by atoms with van der Waals surface area (Å²) in [5, 5.41) is 22.2. The molecule has 0 aromatic carbocycles. The van der Waals surface area contributed by atoms with Crippen molar-refractivity contribution in [2.24, 2.45) is 10.9 Å². The highest BCUT2D eigenvalue weighted by Gasteiger charge is 2.20. The van der Waals surface area contributed by atoms with Gasteiger partial charge >= 0.3 is 0 Å². The molecule has 2 heterocycles. The summed E-state index contributed by atoms with van der Waals surface area (Å²) in [5.41, 5.74) is 4.69. The first kappa shape index (κ1) is 13.2.